The Kier molecular flexibility index (Phi) is 5.36. The van der Waals surface area contributed by atoms with E-state index in [9.17, 15) is 4.79 Å². The maximum absolute atomic E-state index is 11.7. The number of nitrogens with zero attached hydrogens (tertiary/aromatic N) is 1. The van der Waals surface area contributed by atoms with Gasteiger partial charge >= 0.3 is 6.09 Å². The van der Waals surface area contributed by atoms with Gasteiger partial charge in [0.25, 0.3) is 0 Å². The molecule has 0 aromatic heterocycles. The topological polar surface area (TPSA) is 41.6 Å². The van der Waals surface area contributed by atoms with Crippen LogP contribution in [0.1, 0.15) is 37.9 Å². The van der Waals surface area contributed by atoms with Crippen molar-refractivity contribution in [3.8, 4) is 5.75 Å². The molecule has 0 saturated heterocycles. The molecule has 1 aromatic rings. The fourth-order valence-corrected chi connectivity index (χ4v) is 2.25. The van der Waals surface area contributed by atoms with Crippen LogP contribution in [0.5, 0.6) is 5.75 Å². The minimum Gasteiger partial charge on any atom is -0.410 e. The lowest BCUT2D eigenvalue weighted by molar-refractivity contribution is 0.165. The van der Waals surface area contributed by atoms with Crippen LogP contribution in [0.2, 0.25) is 0 Å². The predicted molar refractivity (Wildman–Crippen MR) is 77.6 cm³/mol. The molecule has 4 nitrogen and oxygen atoms in total. The van der Waals surface area contributed by atoms with Crippen molar-refractivity contribution in [3.05, 3.63) is 29.3 Å². The van der Waals surface area contributed by atoms with Gasteiger partial charge in [-0.1, -0.05) is 13.5 Å². The number of amides is 1. The van der Waals surface area contributed by atoms with E-state index >= 15 is 0 Å². The van der Waals surface area contributed by atoms with E-state index in [4.69, 9.17) is 4.74 Å². The van der Waals surface area contributed by atoms with Crippen molar-refractivity contribution in [2.75, 3.05) is 20.6 Å². The van der Waals surface area contributed by atoms with Crippen LogP contribution in [0.15, 0.2) is 18.2 Å². The molecule has 19 heavy (non-hydrogen) atoms. The molecule has 0 heterocycles. The van der Waals surface area contributed by atoms with E-state index in [-0.39, 0.29) is 13.5 Å². The number of benzene rings is 1. The summed E-state index contributed by atoms with van der Waals surface area (Å²) in [7, 11) is 3.69. The number of carbonyl (C=O) groups is 1. The van der Waals surface area contributed by atoms with Gasteiger partial charge < -0.3 is 15.0 Å². The zero-order valence-corrected chi connectivity index (χ0v) is 11.2. The number of fused-ring (bicyclic) bond motifs is 1. The average molecular weight is 264 g/mol. The predicted octanol–water partition coefficient (Wildman–Crippen LogP) is 2.98. The minimum atomic E-state index is -0.309. The van der Waals surface area contributed by atoms with Gasteiger partial charge in [-0.15, -0.1) is 0 Å². The molecule has 1 aromatic carbocycles. The Morgan fingerprint density at radius 1 is 1.53 bits per heavy atom. The van der Waals surface area contributed by atoms with Gasteiger partial charge in [-0.05, 0) is 50.1 Å². The third-order valence-electron chi connectivity index (χ3n) is 3.53. The standard InChI is InChI=1S/C14H20N2O2.CH4/c1-4-16(3)14(17)18-11-7-5-10-6-8-13(15-2)12(10)9-11;/h5,7,9,13,15H,4,6,8H2,1-3H3;1H4/t13-;/m1./s1. The van der Waals surface area contributed by atoms with Gasteiger partial charge in [0, 0.05) is 19.6 Å². The second kappa shape index (κ2) is 6.57. The lowest BCUT2D eigenvalue weighted by Gasteiger charge is -2.15. The maximum Gasteiger partial charge on any atom is 0.414 e. The number of aryl methyl sites for hydroxylation is 1. The minimum absolute atomic E-state index is 0. The van der Waals surface area contributed by atoms with Crippen molar-refractivity contribution in [2.24, 2.45) is 0 Å². The van der Waals surface area contributed by atoms with E-state index in [2.05, 4.69) is 11.4 Å². The number of ether oxygens (including phenoxy) is 1. The van der Waals surface area contributed by atoms with Crippen LogP contribution in [0.4, 0.5) is 4.79 Å². The number of hydrogen-bond acceptors (Lipinski definition) is 3. The van der Waals surface area contributed by atoms with Crippen molar-refractivity contribution in [1.29, 1.82) is 0 Å². The van der Waals surface area contributed by atoms with Crippen molar-refractivity contribution in [3.63, 3.8) is 0 Å². The van der Waals surface area contributed by atoms with Gasteiger partial charge in [0.1, 0.15) is 5.75 Å². The first-order valence-electron chi connectivity index (χ1n) is 6.38. The maximum atomic E-state index is 11.7. The molecule has 1 N–H and O–H groups in total. The van der Waals surface area contributed by atoms with Gasteiger partial charge in [-0.2, -0.15) is 0 Å². The summed E-state index contributed by atoms with van der Waals surface area (Å²) in [6.07, 6.45) is 1.89. The highest BCUT2D eigenvalue weighted by molar-refractivity contribution is 5.70. The third kappa shape index (κ3) is 3.26. The van der Waals surface area contributed by atoms with E-state index in [0.717, 1.165) is 12.8 Å². The number of carbonyl (C=O) groups excluding carboxylic acids is 1. The van der Waals surface area contributed by atoms with Crippen molar-refractivity contribution < 1.29 is 9.53 Å². The zero-order chi connectivity index (χ0) is 13.1. The molecule has 0 spiro atoms. The first-order chi connectivity index (χ1) is 8.65. The largest absolute Gasteiger partial charge is 0.414 e. The second-order valence-electron chi connectivity index (χ2n) is 4.62. The summed E-state index contributed by atoms with van der Waals surface area (Å²) in [6.45, 7) is 2.56. The monoisotopic (exact) mass is 264 g/mol. The Morgan fingerprint density at radius 2 is 2.26 bits per heavy atom. The molecule has 2 rings (SSSR count). The molecule has 0 bridgehead atoms. The van der Waals surface area contributed by atoms with Crippen molar-refractivity contribution in [1.82, 2.24) is 10.2 Å². The molecule has 1 amide bonds. The highest BCUT2D eigenvalue weighted by Gasteiger charge is 2.22. The van der Waals surface area contributed by atoms with Crippen molar-refractivity contribution >= 4 is 6.09 Å². The average Bonchev–Trinajstić information content (AvgIpc) is 2.79. The first kappa shape index (κ1) is 15.5. The highest BCUT2D eigenvalue weighted by atomic mass is 16.6. The number of hydrogen-bond donors (Lipinski definition) is 1. The quantitative estimate of drug-likeness (QED) is 0.912. The molecule has 1 atom stereocenters. The summed E-state index contributed by atoms with van der Waals surface area (Å²) in [6, 6.07) is 6.28. The molecular formula is C15H24N2O2. The third-order valence-corrected chi connectivity index (χ3v) is 3.53. The highest BCUT2D eigenvalue weighted by Crippen LogP contribution is 2.33. The molecule has 0 saturated carbocycles. The summed E-state index contributed by atoms with van der Waals surface area (Å²) in [5, 5.41) is 3.28. The van der Waals surface area contributed by atoms with Crippen LogP contribution in [0.3, 0.4) is 0 Å². The molecule has 4 heteroatoms. The van der Waals surface area contributed by atoms with Crippen LogP contribution < -0.4 is 10.1 Å². The lowest BCUT2D eigenvalue weighted by Crippen LogP contribution is -2.29. The van der Waals surface area contributed by atoms with E-state index < -0.39 is 0 Å². The van der Waals surface area contributed by atoms with Crippen LogP contribution in [0, 0.1) is 0 Å². The zero-order valence-electron chi connectivity index (χ0n) is 11.2. The van der Waals surface area contributed by atoms with Gasteiger partial charge in [0.05, 0.1) is 0 Å². The van der Waals surface area contributed by atoms with E-state index in [1.54, 1.807) is 11.9 Å². The lowest BCUT2D eigenvalue weighted by atomic mass is 10.1. The molecule has 106 valence electrons. The Hall–Kier alpha value is -1.55. The number of rotatable bonds is 3. The Bertz CT molecular complexity index is 446. The van der Waals surface area contributed by atoms with Crippen LogP contribution in [-0.4, -0.2) is 31.6 Å². The summed E-state index contributed by atoms with van der Waals surface area (Å²) in [5.41, 5.74) is 2.60. The molecular weight excluding hydrogens is 240 g/mol. The van der Waals surface area contributed by atoms with Crippen LogP contribution >= 0.6 is 0 Å². The number of nitrogens with one attached hydrogen (secondary N) is 1. The Labute approximate surface area is 115 Å². The molecule has 0 unspecified atom stereocenters. The first-order valence-corrected chi connectivity index (χ1v) is 6.38. The Morgan fingerprint density at radius 3 is 2.89 bits per heavy atom. The summed E-state index contributed by atoms with van der Waals surface area (Å²) in [5.74, 6) is 0.626. The summed E-state index contributed by atoms with van der Waals surface area (Å²) < 4.78 is 5.34. The fourth-order valence-electron chi connectivity index (χ4n) is 2.25. The molecule has 1 aliphatic rings. The summed E-state index contributed by atoms with van der Waals surface area (Å²) in [4.78, 5) is 13.2. The molecule has 0 radical (unpaired) electrons. The van der Waals surface area contributed by atoms with Gasteiger partial charge in [0.2, 0.25) is 0 Å². The Balaban J connectivity index is 0.00000180. The van der Waals surface area contributed by atoms with Gasteiger partial charge in [-0.25, -0.2) is 4.79 Å². The molecule has 0 fully saturated rings. The van der Waals surface area contributed by atoms with Crippen LogP contribution in [0.25, 0.3) is 0 Å². The van der Waals surface area contributed by atoms with Gasteiger partial charge in [-0.3, -0.25) is 0 Å². The SMILES string of the molecule is C.CCN(C)C(=O)Oc1ccc2c(c1)[C@H](NC)CC2. The van der Waals surface area contributed by atoms with Crippen molar-refractivity contribution in [2.45, 2.75) is 33.2 Å². The van der Waals surface area contributed by atoms with Gasteiger partial charge in [0.15, 0.2) is 0 Å². The second-order valence-corrected chi connectivity index (χ2v) is 4.62. The molecule has 0 aliphatic heterocycles. The van der Waals surface area contributed by atoms with E-state index in [0.29, 0.717) is 18.3 Å². The summed E-state index contributed by atoms with van der Waals surface area (Å²) >= 11 is 0. The normalized spacial score (nSPS) is 16.5. The fraction of sp³-hybridized carbons (Fsp3) is 0.533. The van der Waals surface area contributed by atoms with Crippen LogP contribution in [-0.2, 0) is 6.42 Å². The molecule has 1 aliphatic carbocycles. The van der Waals surface area contributed by atoms with E-state index in [1.807, 2.05) is 26.1 Å². The smallest absolute Gasteiger partial charge is 0.410 e. The van der Waals surface area contributed by atoms with E-state index in [1.165, 1.54) is 11.1 Å².